The number of ether oxygens (including phenoxy) is 1. The average Bonchev–Trinajstić information content (AvgIpc) is 2.52. The van der Waals surface area contributed by atoms with Gasteiger partial charge < -0.3 is 20.5 Å². The maximum Gasteiger partial charge on any atom is 0.573 e. The summed E-state index contributed by atoms with van der Waals surface area (Å²) in [5, 5.41) is 13.7. The number of benzene rings is 1. The van der Waals surface area contributed by atoms with Crippen LogP contribution in [0.3, 0.4) is 0 Å². The molecule has 0 saturated heterocycles. The Kier molecular flexibility index (Phi) is 8.07. The molecule has 0 aromatic heterocycles. The van der Waals surface area contributed by atoms with E-state index in [9.17, 15) is 27.6 Å². The minimum atomic E-state index is -4.80. The average molecular weight is 390 g/mol. The summed E-state index contributed by atoms with van der Waals surface area (Å²) < 4.78 is 40.0. The summed E-state index contributed by atoms with van der Waals surface area (Å²) in [5.74, 6) is -2.69. The number of carboxylic acid groups (broad SMARTS) is 1. The van der Waals surface area contributed by atoms with Gasteiger partial charge in [0.25, 0.3) is 0 Å². The van der Waals surface area contributed by atoms with Crippen LogP contribution in [0.5, 0.6) is 5.75 Å². The van der Waals surface area contributed by atoms with Gasteiger partial charge >= 0.3 is 12.3 Å². The van der Waals surface area contributed by atoms with Gasteiger partial charge in [0.1, 0.15) is 11.8 Å². The summed E-state index contributed by atoms with van der Waals surface area (Å²) in [7, 11) is 0. The Morgan fingerprint density at radius 3 is 2.19 bits per heavy atom. The Bertz CT molecular complexity index is 660. The Labute approximate surface area is 153 Å². The van der Waals surface area contributed by atoms with Crippen molar-refractivity contribution in [3.05, 3.63) is 29.8 Å². The lowest BCUT2D eigenvalue weighted by Crippen LogP contribution is -2.46. The first-order valence-corrected chi connectivity index (χ1v) is 8.10. The van der Waals surface area contributed by atoms with Crippen LogP contribution >= 0.6 is 0 Å². The van der Waals surface area contributed by atoms with E-state index in [4.69, 9.17) is 5.11 Å². The second-order valence-corrected chi connectivity index (χ2v) is 6.23. The zero-order chi connectivity index (χ0) is 20.6. The molecule has 0 unspecified atom stereocenters. The van der Waals surface area contributed by atoms with E-state index < -0.39 is 42.5 Å². The molecule has 0 saturated carbocycles. The predicted octanol–water partition coefficient (Wildman–Crippen LogP) is 1.86. The Morgan fingerprint density at radius 1 is 1.11 bits per heavy atom. The predicted molar refractivity (Wildman–Crippen MR) is 88.9 cm³/mol. The van der Waals surface area contributed by atoms with Gasteiger partial charge in [-0.2, -0.15) is 0 Å². The third-order valence-electron chi connectivity index (χ3n) is 3.31. The van der Waals surface area contributed by atoms with Gasteiger partial charge in [-0.3, -0.25) is 9.59 Å². The molecule has 150 valence electrons. The first kappa shape index (κ1) is 22.3. The number of nitrogens with one attached hydrogen (secondary N) is 2. The summed E-state index contributed by atoms with van der Waals surface area (Å²) in [5.41, 5.74) is 0.422. The molecule has 1 atom stereocenters. The largest absolute Gasteiger partial charge is 0.573 e. The van der Waals surface area contributed by atoms with Crippen LogP contribution in [-0.2, 0) is 20.8 Å². The molecular formula is C17H21F3N2O5. The fraction of sp³-hybridized carbons (Fsp3) is 0.471. The SMILES string of the molecule is CC(C)C[C@H](NC(=O)CNC(=O)Cc1ccc(OC(F)(F)F)cc1)C(=O)O. The second kappa shape index (κ2) is 9.79. The van der Waals surface area contributed by atoms with Crippen molar-refractivity contribution in [2.45, 2.75) is 39.1 Å². The molecule has 0 aliphatic carbocycles. The molecule has 0 aliphatic heterocycles. The van der Waals surface area contributed by atoms with Crippen molar-refractivity contribution >= 4 is 17.8 Å². The molecular weight excluding hydrogens is 369 g/mol. The van der Waals surface area contributed by atoms with Crippen molar-refractivity contribution < 1.29 is 37.4 Å². The van der Waals surface area contributed by atoms with Crippen LogP contribution < -0.4 is 15.4 Å². The van der Waals surface area contributed by atoms with E-state index in [1.807, 2.05) is 13.8 Å². The van der Waals surface area contributed by atoms with Crippen LogP contribution in [0.2, 0.25) is 0 Å². The molecule has 27 heavy (non-hydrogen) atoms. The smallest absolute Gasteiger partial charge is 0.480 e. The number of rotatable bonds is 9. The van der Waals surface area contributed by atoms with E-state index in [-0.39, 0.29) is 18.8 Å². The standard InChI is InChI=1S/C17H21F3N2O5/c1-10(2)7-13(16(25)26)22-15(24)9-21-14(23)8-11-3-5-12(6-4-11)27-17(18,19)20/h3-6,10,13H,7-9H2,1-2H3,(H,21,23)(H,22,24)(H,25,26)/t13-/m0/s1. The van der Waals surface area contributed by atoms with Crippen molar-refractivity contribution in [2.24, 2.45) is 5.92 Å². The third kappa shape index (κ3) is 9.47. The fourth-order valence-corrected chi connectivity index (χ4v) is 2.17. The molecule has 1 aromatic carbocycles. The Morgan fingerprint density at radius 2 is 1.70 bits per heavy atom. The number of hydrogen-bond acceptors (Lipinski definition) is 4. The molecule has 2 amide bonds. The van der Waals surface area contributed by atoms with Gasteiger partial charge in [-0.25, -0.2) is 4.79 Å². The minimum Gasteiger partial charge on any atom is -0.480 e. The highest BCUT2D eigenvalue weighted by Gasteiger charge is 2.31. The minimum absolute atomic E-state index is 0.0605. The second-order valence-electron chi connectivity index (χ2n) is 6.23. The maximum atomic E-state index is 12.1. The first-order chi connectivity index (χ1) is 12.5. The lowest BCUT2D eigenvalue weighted by molar-refractivity contribution is -0.274. The van der Waals surface area contributed by atoms with E-state index >= 15 is 0 Å². The van der Waals surface area contributed by atoms with Crippen LogP contribution in [0.4, 0.5) is 13.2 Å². The van der Waals surface area contributed by atoms with E-state index in [2.05, 4.69) is 15.4 Å². The Hall–Kier alpha value is -2.78. The maximum absolute atomic E-state index is 12.1. The highest BCUT2D eigenvalue weighted by atomic mass is 19.4. The van der Waals surface area contributed by atoms with Crippen LogP contribution in [0, 0.1) is 5.92 Å². The van der Waals surface area contributed by atoms with Crippen molar-refractivity contribution in [1.29, 1.82) is 0 Å². The lowest BCUT2D eigenvalue weighted by Gasteiger charge is -2.16. The molecule has 0 bridgehead atoms. The molecule has 1 rings (SSSR count). The number of carbonyl (C=O) groups is 3. The monoisotopic (exact) mass is 390 g/mol. The van der Waals surface area contributed by atoms with Gasteiger partial charge in [-0.05, 0) is 30.0 Å². The van der Waals surface area contributed by atoms with Crippen molar-refractivity contribution in [3.8, 4) is 5.75 Å². The van der Waals surface area contributed by atoms with E-state index in [0.29, 0.717) is 5.56 Å². The molecule has 0 radical (unpaired) electrons. The molecule has 3 N–H and O–H groups in total. The number of carboxylic acids is 1. The van der Waals surface area contributed by atoms with Gasteiger partial charge in [0.05, 0.1) is 13.0 Å². The van der Waals surface area contributed by atoms with E-state index in [1.165, 1.54) is 12.1 Å². The van der Waals surface area contributed by atoms with Gasteiger partial charge in [0.15, 0.2) is 0 Å². The molecule has 0 spiro atoms. The summed E-state index contributed by atoms with van der Waals surface area (Å²) >= 11 is 0. The summed E-state index contributed by atoms with van der Waals surface area (Å²) in [6.45, 7) is 3.22. The van der Waals surface area contributed by atoms with Gasteiger partial charge in [0, 0.05) is 0 Å². The van der Waals surface area contributed by atoms with Crippen molar-refractivity contribution in [1.82, 2.24) is 10.6 Å². The van der Waals surface area contributed by atoms with Gasteiger partial charge in [0.2, 0.25) is 11.8 Å². The Balaban J connectivity index is 2.46. The molecule has 1 aromatic rings. The number of alkyl halides is 3. The number of hydrogen-bond donors (Lipinski definition) is 3. The molecule has 0 heterocycles. The molecule has 0 fully saturated rings. The topological polar surface area (TPSA) is 105 Å². The van der Waals surface area contributed by atoms with Crippen LogP contribution in [0.1, 0.15) is 25.8 Å². The van der Waals surface area contributed by atoms with E-state index in [1.54, 1.807) is 0 Å². The lowest BCUT2D eigenvalue weighted by atomic mass is 10.0. The van der Waals surface area contributed by atoms with Gasteiger partial charge in [-0.1, -0.05) is 26.0 Å². The zero-order valence-electron chi connectivity index (χ0n) is 14.8. The van der Waals surface area contributed by atoms with Crippen LogP contribution in [-0.4, -0.2) is 41.8 Å². The van der Waals surface area contributed by atoms with Crippen molar-refractivity contribution in [2.75, 3.05) is 6.54 Å². The third-order valence-corrected chi connectivity index (χ3v) is 3.31. The van der Waals surface area contributed by atoms with Crippen LogP contribution in [0.25, 0.3) is 0 Å². The fourth-order valence-electron chi connectivity index (χ4n) is 2.17. The number of carbonyl (C=O) groups excluding carboxylic acids is 2. The molecule has 7 nitrogen and oxygen atoms in total. The first-order valence-electron chi connectivity index (χ1n) is 8.10. The zero-order valence-corrected chi connectivity index (χ0v) is 14.8. The van der Waals surface area contributed by atoms with Gasteiger partial charge in [-0.15, -0.1) is 13.2 Å². The quantitative estimate of drug-likeness (QED) is 0.597. The van der Waals surface area contributed by atoms with Crippen LogP contribution in [0.15, 0.2) is 24.3 Å². The molecule has 10 heteroatoms. The summed E-state index contributed by atoms with van der Waals surface area (Å²) in [4.78, 5) is 34.7. The highest BCUT2D eigenvalue weighted by molar-refractivity contribution is 5.88. The highest BCUT2D eigenvalue weighted by Crippen LogP contribution is 2.22. The van der Waals surface area contributed by atoms with Crippen molar-refractivity contribution in [3.63, 3.8) is 0 Å². The normalized spacial score (nSPS) is 12.4. The molecule has 0 aliphatic rings. The summed E-state index contributed by atoms with van der Waals surface area (Å²) in [6.07, 6.45) is -4.70. The number of aliphatic carboxylic acids is 1. The number of halogens is 3. The van der Waals surface area contributed by atoms with E-state index in [0.717, 1.165) is 12.1 Å². The number of amides is 2. The summed E-state index contributed by atoms with van der Waals surface area (Å²) in [6, 6.07) is 3.70.